The number of para-hydroxylation sites is 1. The zero-order chi connectivity index (χ0) is 27.0. The van der Waals surface area contributed by atoms with Gasteiger partial charge in [-0.2, -0.15) is 5.10 Å². The molecule has 0 spiro atoms. The van der Waals surface area contributed by atoms with Gasteiger partial charge in [0.25, 0.3) is 11.8 Å². The third kappa shape index (κ3) is 4.49. The molecule has 2 amide bonds. The second-order valence-electron chi connectivity index (χ2n) is 9.91. The summed E-state index contributed by atoms with van der Waals surface area (Å²) in [6.45, 7) is 8.35. The molecule has 0 bridgehead atoms. The molecule has 4 aromatic rings. The normalized spacial score (nSPS) is 17.0. The van der Waals surface area contributed by atoms with Crippen molar-refractivity contribution in [2.24, 2.45) is 0 Å². The van der Waals surface area contributed by atoms with Crippen LogP contribution in [0.1, 0.15) is 65.3 Å². The maximum Gasteiger partial charge on any atom is 0.251 e. The Morgan fingerprint density at radius 1 is 1.03 bits per heavy atom. The van der Waals surface area contributed by atoms with Crippen LogP contribution in [0.15, 0.2) is 78.9 Å². The Morgan fingerprint density at radius 2 is 1.74 bits per heavy atom. The first-order valence-electron chi connectivity index (χ1n) is 12.9. The number of anilines is 1. The lowest BCUT2D eigenvalue weighted by Crippen LogP contribution is -2.55. The van der Waals surface area contributed by atoms with Crippen molar-refractivity contribution in [2.45, 2.75) is 45.6 Å². The van der Waals surface area contributed by atoms with Crippen molar-refractivity contribution in [3.8, 4) is 5.69 Å². The van der Waals surface area contributed by atoms with Crippen molar-refractivity contribution >= 4 is 17.6 Å². The first-order chi connectivity index (χ1) is 18.3. The number of hydrogen-bond acceptors (Lipinski definition) is 3. The van der Waals surface area contributed by atoms with Gasteiger partial charge >= 0.3 is 0 Å². The van der Waals surface area contributed by atoms with Gasteiger partial charge in [0, 0.05) is 23.6 Å². The summed E-state index contributed by atoms with van der Waals surface area (Å²) < 4.78 is 15.7. The molecule has 7 heteroatoms. The van der Waals surface area contributed by atoms with E-state index in [4.69, 9.17) is 5.10 Å². The molecule has 6 nitrogen and oxygen atoms in total. The van der Waals surface area contributed by atoms with Gasteiger partial charge in [-0.15, -0.1) is 0 Å². The summed E-state index contributed by atoms with van der Waals surface area (Å²) in [6, 6.07) is 22.3. The highest BCUT2D eigenvalue weighted by Gasteiger charge is 2.45. The van der Waals surface area contributed by atoms with Gasteiger partial charge in [0.2, 0.25) is 0 Å². The van der Waals surface area contributed by atoms with Crippen LogP contribution in [0.3, 0.4) is 0 Å². The zero-order valence-corrected chi connectivity index (χ0v) is 22.0. The topological polar surface area (TPSA) is 67.2 Å². The molecule has 1 aliphatic heterocycles. The highest BCUT2D eigenvalue weighted by molar-refractivity contribution is 6.05. The Morgan fingerprint density at radius 3 is 2.39 bits per heavy atom. The van der Waals surface area contributed by atoms with Gasteiger partial charge in [-0.25, -0.2) is 9.07 Å². The Kier molecular flexibility index (Phi) is 6.85. The molecule has 0 radical (unpaired) electrons. The van der Waals surface area contributed by atoms with E-state index in [9.17, 15) is 14.0 Å². The number of nitrogens with zero attached hydrogens (tertiary/aromatic N) is 3. The summed E-state index contributed by atoms with van der Waals surface area (Å²) in [4.78, 5) is 29.3. The summed E-state index contributed by atoms with van der Waals surface area (Å²) in [5.41, 5.74) is 4.67. The second kappa shape index (κ2) is 10.2. The van der Waals surface area contributed by atoms with E-state index in [1.807, 2.05) is 62.4 Å². The van der Waals surface area contributed by atoms with Crippen molar-refractivity contribution in [2.75, 3.05) is 11.4 Å². The predicted molar refractivity (Wildman–Crippen MR) is 146 cm³/mol. The minimum Gasteiger partial charge on any atom is -0.339 e. The Labute approximate surface area is 222 Å². The number of likely N-dealkylation sites (N-methyl/N-ethyl adjacent to an activating group) is 1. The third-order valence-corrected chi connectivity index (χ3v) is 7.16. The maximum absolute atomic E-state index is 14.1. The smallest absolute Gasteiger partial charge is 0.251 e. The van der Waals surface area contributed by atoms with Crippen molar-refractivity contribution in [1.29, 1.82) is 0 Å². The number of carbonyl (C=O) groups is 2. The molecular weight excluding hydrogens is 479 g/mol. The van der Waals surface area contributed by atoms with Crippen LogP contribution in [0.2, 0.25) is 0 Å². The van der Waals surface area contributed by atoms with Crippen LogP contribution < -0.4 is 10.2 Å². The number of aryl methyl sites for hydroxylation is 1. The molecule has 2 heterocycles. The first kappa shape index (κ1) is 25.4. The van der Waals surface area contributed by atoms with E-state index >= 15 is 0 Å². The Balaban J connectivity index is 1.65. The van der Waals surface area contributed by atoms with Crippen LogP contribution in [-0.4, -0.2) is 34.2 Å². The van der Waals surface area contributed by atoms with E-state index in [-0.39, 0.29) is 23.5 Å². The van der Waals surface area contributed by atoms with Gasteiger partial charge in [-0.1, -0.05) is 56.3 Å². The van der Waals surface area contributed by atoms with Crippen molar-refractivity contribution in [1.82, 2.24) is 15.1 Å². The number of halogens is 1. The van der Waals surface area contributed by atoms with Crippen LogP contribution in [0.4, 0.5) is 10.2 Å². The fourth-order valence-corrected chi connectivity index (χ4v) is 5.23. The molecule has 0 saturated heterocycles. The number of aromatic nitrogens is 2. The number of carbonyl (C=O) groups excluding carboxylic acids is 2. The lowest BCUT2D eigenvalue weighted by atomic mass is 9.81. The zero-order valence-electron chi connectivity index (χ0n) is 22.0. The van der Waals surface area contributed by atoms with E-state index in [0.29, 0.717) is 17.9 Å². The molecule has 0 fully saturated rings. The van der Waals surface area contributed by atoms with Crippen LogP contribution >= 0.6 is 0 Å². The quantitative estimate of drug-likeness (QED) is 0.360. The fraction of sp³-hybridized carbons (Fsp3) is 0.258. The van der Waals surface area contributed by atoms with Crippen molar-refractivity contribution < 1.29 is 14.0 Å². The monoisotopic (exact) mass is 510 g/mol. The summed E-state index contributed by atoms with van der Waals surface area (Å²) in [5, 5.41) is 7.86. The molecule has 1 aromatic heterocycles. The molecule has 38 heavy (non-hydrogen) atoms. The molecule has 2 atom stereocenters. The Hall–Kier alpha value is -4.26. The van der Waals surface area contributed by atoms with Crippen LogP contribution in [0, 0.1) is 12.7 Å². The van der Waals surface area contributed by atoms with Gasteiger partial charge in [0.15, 0.2) is 0 Å². The van der Waals surface area contributed by atoms with E-state index in [1.165, 1.54) is 12.1 Å². The largest absolute Gasteiger partial charge is 0.339 e. The average molecular weight is 511 g/mol. The van der Waals surface area contributed by atoms with Crippen molar-refractivity contribution in [3.05, 3.63) is 113 Å². The minimum absolute atomic E-state index is 0.236. The standard InChI is InChI=1S/C31H31FN4O2/c1-5-35-30-26(20(4)34-36(30)25-12-7-6-8-13-25)27(21-14-16-24(32)17-15-21)28(31(35)38)33-29(37)23-11-9-10-22(18-23)19(2)3/h6-19,27-28H,5H2,1-4H3,(H,33,37)/t27-,28-/m0/s1. The Bertz CT molecular complexity index is 1480. The third-order valence-electron chi connectivity index (χ3n) is 7.16. The lowest BCUT2D eigenvalue weighted by Gasteiger charge is -2.38. The van der Waals surface area contributed by atoms with Crippen LogP contribution in [0.25, 0.3) is 5.69 Å². The van der Waals surface area contributed by atoms with E-state index in [1.54, 1.807) is 27.8 Å². The average Bonchev–Trinajstić information content (AvgIpc) is 3.26. The molecule has 1 aliphatic rings. The number of rotatable bonds is 6. The molecule has 194 valence electrons. The maximum atomic E-state index is 14.1. The second-order valence-corrected chi connectivity index (χ2v) is 9.91. The highest BCUT2D eigenvalue weighted by atomic mass is 19.1. The molecule has 3 aromatic carbocycles. The fourth-order valence-electron chi connectivity index (χ4n) is 5.23. The van der Waals surface area contributed by atoms with E-state index < -0.39 is 12.0 Å². The number of hydrogen-bond donors (Lipinski definition) is 1. The number of amides is 2. The molecular formula is C31H31FN4O2. The first-order valence-corrected chi connectivity index (χ1v) is 12.9. The summed E-state index contributed by atoms with van der Waals surface area (Å²) in [7, 11) is 0. The summed E-state index contributed by atoms with van der Waals surface area (Å²) in [5.74, 6) is -0.548. The number of fused-ring (bicyclic) bond motifs is 1. The number of benzene rings is 3. The van der Waals surface area contributed by atoms with Gasteiger partial charge < -0.3 is 5.32 Å². The van der Waals surface area contributed by atoms with E-state index in [0.717, 1.165) is 28.1 Å². The SMILES string of the molecule is CCN1C(=O)[C@@H](NC(=O)c2cccc(C(C)C)c2)[C@@H](c2ccc(F)cc2)c2c(C)nn(-c3ccccc3)c21. The predicted octanol–water partition coefficient (Wildman–Crippen LogP) is 5.74. The minimum atomic E-state index is -0.893. The molecule has 0 saturated carbocycles. The molecule has 0 unspecified atom stereocenters. The highest BCUT2D eigenvalue weighted by Crippen LogP contribution is 2.43. The molecule has 5 rings (SSSR count). The molecule has 0 aliphatic carbocycles. The number of nitrogens with one attached hydrogen (secondary N) is 1. The van der Waals surface area contributed by atoms with E-state index in [2.05, 4.69) is 19.2 Å². The van der Waals surface area contributed by atoms with Gasteiger partial charge in [-0.05, 0) is 67.3 Å². The van der Waals surface area contributed by atoms with Gasteiger partial charge in [0.1, 0.15) is 17.7 Å². The molecule has 1 N–H and O–H groups in total. The lowest BCUT2D eigenvalue weighted by molar-refractivity contribution is -0.121. The summed E-state index contributed by atoms with van der Waals surface area (Å²) >= 11 is 0. The van der Waals surface area contributed by atoms with Crippen LogP contribution in [0.5, 0.6) is 0 Å². The van der Waals surface area contributed by atoms with Crippen molar-refractivity contribution in [3.63, 3.8) is 0 Å². The summed E-state index contributed by atoms with van der Waals surface area (Å²) in [6.07, 6.45) is 0. The van der Waals surface area contributed by atoms with Crippen LogP contribution in [-0.2, 0) is 4.79 Å². The van der Waals surface area contributed by atoms with Gasteiger partial charge in [-0.3, -0.25) is 14.5 Å². The van der Waals surface area contributed by atoms with Gasteiger partial charge in [0.05, 0.1) is 11.4 Å².